The summed E-state index contributed by atoms with van der Waals surface area (Å²) in [6.07, 6.45) is 0. The maximum absolute atomic E-state index is 8.74. The second-order valence-electron chi connectivity index (χ2n) is 1.79. The standard InChI is InChI=1S/4H2O4S.5H2O.2Ti/c4*1-5(2,3)4;;;;;;;/h4*(H2,1,2,3,4);5*1H2;;. The first-order chi connectivity index (χ1) is 8.00. The van der Waals surface area contributed by atoms with Crippen LogP contribution in [0, 0.1) is 0 Å². The van der Waals surface area contributed by atoms with Crippen LogP contribution < -0.4 is 0 Å². The van der Waals surface area contributed by atoms with E-state index in [-0.39, 0.29) is 70.8 Å². The van der Waals surface area contributed by atoms with Gasteiger partial charge in [0.15, 0.2) is 0 Å². The molecule has 0 saturated heterocycles. The topological polar surface area (TPSA) is 456 Å². The van der Waals surface area contributed by atoms with E-state index in [0.717, 1.165) is 0 Å². The predicted molar refractivity (Wildman–Crippen MR) is 74.8 cm³/mol. The fourth-order valence-corrected chi connectivity index (χ4v) is 0. The minimum atomic E-state index is -4.67. The average Bonchev–Trinajstić information content (AvgIpc) is 1.62. The zero-order chi connectivity index (χ0) is 18.0. The van der Waals surface area contributed by atoms with Gasteiger partial charge in [-0.2, -0.15) is 33.7 Å². The van der Waals surface area contributed by atoms with Crippen molar-refractivity contribution in [2.75, 3.05) is 0 Å². The van der Waals surface area contributed by atoms with Crippen molar-refractivity contribution in [2.45, 2.75) is 0 Å². The Kier molecular flexibility index (Phi) is 75.8. The summed E-state index contributed by atoms with van der Waals surface area (Å²) in [5.41, 5.74) is 0. The molecule has 0 rings (SSSR count). The Hall–Kier alpha value is 0.709. The van der Waals surface area contributed by atoms with Crippen molar-refractivity contribution >= 4 is 41.6 Å². The summed E-state index contributed by atoms with van der Waals surface area (Å²) in [6, 6.07) is 0. The van der Waals surface area contributed by atoms with Crippen molar-refractivity contribution in [3.05, 3.63) is 0 Å². The first kappa shape index (κ1) is 70.8. The molecule has 0 saturated carbocycles. The Morgan fingerprint density at radius 1 is 0.296 bits per heavy atom. The molecule has 0 aliphatic rings. The summed E-state index contributed by atoms with van der Waals surface area (Å²) >= 11 is 0. The summed E-state index contributed by atoms with van der Waals surface area (Å²) in [5, 5.41) is 0. The van der Waals surface area contributed by atoms with Crippen molar-refractivity contribution in [2.24, 2.45) is 0 Å². The van der Waals surface area contributed by atoms with Gasteiger partial charge in [0.2, 0.25) is 0 Å². The van der Waals surface area contributed by atoms with Gasteiger partial charge in [0, 0.05) is 43.4 Å². The SMILES string of the molecule is O.O.O.O.O.O=S(=O)(O)O.O=S(=O)(O)O.O=S(=O)(O)O.O=S(=O)(O)O.[Ti].[Ti]. The van der Waals surface area contributed by atoms with Crippen LogP contribution in [0.3, 0.4) is 0 Å². The normalized spacial score (nSPS) is 8.59. The quantitative estimate of drug-likeness (QED) is 0.0977. The van der Waals surface area contributed by atoms with E-state index >= 15 is 0 Å². The summed E-state index contributed by atoms with van der Waals surface area (Å²) in [7, 11) is -18.7. The van der Waals surface area contributed by atoms with E-state index in [4.69, 9.17) is 70.1 Å². The molecule has 0 radical (unpaired) electrons. The Morgan fingerprint density at radius 2 is 0.296 bits per heavy atom. The Morgan fingerprint density at radius 3 is 0.296 bits per heavy atom. The third kappa shape index (κ3) is 32500. The van der Waals surface area contributed by atoms with Crippen molar-refractivity contribution in [1.29, 1.82) is 0 Å². The summed E-state index contributed by atoms with van der Waals surface area (Å²) in [6.45, 7) is 0. The summed E-state index contributed by atoms with van der Waals surface area (Å²) in [4.78, 5) is 0. The van der Waals surface area contributed by atoms with Gasteiger partial charge in [-0.25, -0.2) is 0 Å². The monoisotopic (exact) mass is 578 g/mol. The van der Waals surface area contributed by atoms with Crippen molar-refractivity contribution in [3.63, 3.8) is 0 Å². The van der Waals surface area contributed by atoms with E-state index < -0.39 is 41.6 Å². The second-order valence-corrected chi connectivity index (χ2v) is 5.37. The molecule has 0 atom stereocenters. The second kappa shape index (κ2) is 28.9. The number of hydrogen-bond acceptors (Lipinski definition) is 8. The van der Waals surface area contributed by atoms with E-state index in [1.54, 1.807) is 0 Å². The largest absolute Gasteiger partial charge is 0.412 e. The van der Waals surface area contributed by atoms with Gasteiger partial charge in [-0.15, -0.1) is 0 Å². The molecule has 0 fully saturated rings. The fourth-order valence-electron chi connectivity index (χ4n) is 0. The Bertz CT molecular complexity index is 479. The molecule has 0 unspecified atom stereocenters. The van der Waals surface area contributed by atoms with Gasteiger partial charge in [0.25, 0.3) is 0 Å². The molecule has 0 bridgehead atoms. The molecule has 21 nitrogen and oxygen atoms in total. The molecule has 0 aliphatic heterocycles. The van der Waals surface area contributed by atoms with Gasteiger partial charge in [-0.05, 0) is 0 Å². The van der Waals surface area contributed by atoms with Crippen molar-refractivity contribution < 1.29 is 141 Å². The molecule has 0 aromatic carbocycles. The molecule has 0 aliphatic carbocycles. The van der Waals surface area contributed by atoms with Crippen LogP contribution in [0.15, 0.2) is 0 Å². The first-order valence-electron chi connectivity index (χ1n) is 2.79. The third-order valence-corrected chi connectivity index (χ3v) is 0. The minimum Gasteiger partial charge on any atom is -0.412 e. The van der Waals surface area contributed by atoms with Crippen LogP contribution in [-0.2, 0) is 85.0 Å². The molecule has 18 N–H and O–H groups in total. The molecule has 0 amide bonds. The van der Waals surface area contributed by atoms with Crippen LogP contribution >= 0.6 is 0 Å². The Labute approximate surface area is 181 Å². The van der Waals surface area contributed by atoms with Gasteiger partial charge < -0.3 is 27.4 Å². The van der Waals surface area contributed by atoms with Gasteiger partial charge in [-0.1, -0.05) is 0 Å². The number of rotatable bonds is 0. The molecule has 0 aromatic rings. The smallest absolute Gasteiger partial charge is 0.394 e. The molecule has 0 heterocycles. The van der Waals surface area contributed by atoms with Gasteiger partial charge >= 0.3 is 41.6 Å². The summed E-state index contributed by atoms with van der Waals surface area (Å²) < 4.78 is 126. The van der Waals surface area contributed by atoms with Gasteiger partial charge in [0.1, 0.15) is 0 Å². The predicted octanol–water partition coefficient (Wildman–Crippen LogP) is -6.74. The van der Waals surface area contributed by atoms with Gasteiger partial charge in [0.05, 0.1) is 0 Å². The zero-order valence-electron chi connectivity index (χ0n) is 12.0. The van der Waals surface area contributed by atoms with E-state index in [0.29, 0.717) is 0 Å². The molecule has 27 heteroatoms. The van der Waals surface area contributed by atoms with E-state index in [1.165, 1.54) is 0 Å². The average molecular weight is 578 g/mol. The van der Waals surface area contributed by atoms with Crippen LogP contribution in [0.2, 0.25) is 0 Å². The minimum absolute atomic E-state index is 0. The van der Waals surface area contributed by atoms with Crippen molar-refractivity contribution in [1.82, 2.24) is 0 Å². The third-order valence-electron chi connectivity index (χ3n) is 0. The molecule has 0 aromatic heterocycles. The molecule has 0 spiro atoms. The first-order valence-corrected chi connectivity index (χ1v) is 8.38. The van der Waals surface area contributed by atoms with Crippen LogP contribution in [-0.4, -0.2) is 97.5 Å². The zero-order valence-corrected chi connectivity index (χ0v) is 18.4. The maximum atomic E-state index is 8.74. The molecular weight excluding hydrogens is 560 g/mol. The molecular formula is H18O21S4Ti2. The van der Waals surface area contributed by atoms with Crippen LogP contribution in [0.25, 0.3) is 0 Å². The van der Waals surface area contributed by atoms with E-state index in [2.05, 4.69) is 0 Å². The van der Waals surface area contributed by atoms with Crippen LogP contribution in [0.1, 0.15) is 0 Å². The van der Waals surface area contributed by atoms with E-state index in [1.807, 2.05) is 0 Å². The van der Waals surface area contributed by atoms with Crippen molar-refractivity contribution in [3.8, 4) is 0 Å². The summed E-state index contributed by atoms with van der Waals surface area (Å²) in [5.74, 6) is 0. The Balaban J connectivity index is -0.0000000129. The van der Waals surface area contributed by atoms with E-state index in [9.17, 15) is 0 Å². The van der Waals surface area contributed by atoms with Crippen LogP contribution in [0.5, 0.6) is 0 Å². The maximum Gasteiger partial charge on any atom is 0.394 e. The number of hydrogen-bond donors (Lipinski definition) is 8. The molecule has 176 valence electrons. The fraction of sp³-hybridized carbons (Fsp3) is 0. The molecule has 27 heavy (non-hydrogen) atoms. The van der Waals surface area contributed by atoms with Gasteiger partial charge in [-0.3, -0.25) is 36.4 Å². The van der Waals surface area contributed by atoms with Crippen LogP contribution in [0.4, 0.5) is 0 Å².